The van der Waals surface area contributed by atoms with Crippen LogP contribution in [0.4, 0.5) is 5.69 Å². The van der Waals surface area contributed by atoms with Gasteiger partial charge in [0.25, 0.3) is 0 Å². The third-order valence-corrected chi connectivity index (χ3v) is 1.79. The van der Waals surface area contributed by atoms with Crippen molar-refractivity contribution in [2.24, 2.45) is 0 Å². The molecule has 0 unspecified atom stereocenters. The first kappa shape index (κ1) is 11.9. The Balaban J connectivity index is 2.46. The van der Waals surface area contributed by atoms with Gasteiger partial charge in [0, 0.05) is 13.2 Å². The number of hydrogen-bond donors (Lipinski definition) is 2. The Hall–Kier alpha value is -1.14. The average molecular weight is 228 g/mol. The van der Waals surface area contributed by atoms with Crippen LogP contribution >= 0.6 is 12.2 Å². The van der Waals surface area contributed by atoms with Gasteiger partial charge >= 0.3 is 0 Å². The molecular weight excluding hydrogens is 212 g/mol. The molecule has 1 aromatic rings. The second kappa shape index (κ2) is 5.67. The first-order valence-corrected chi connectivity index (χ1v) is 5.11. The molecule has 0 radical (unpaired) electrons. The van der Waals surface area contributed by atoms with Crippen molar-refractivity contribution in [1.29, 1.82) is 0 Å². The predicted octanol–water partition coefficient (Wildman–Crippen LogP) is 1.18. The van der Waals surface area contributed by atoms with Gasteiger partial charge in [-0.05, 0) is 26.1 Å². The molecule has 1 rings (SSSR count). The number of thiocarbonyl (C=S) groups is 1. The molecule has 0 aliphatic rings. The Labute approximate surface area is 94.8 Å². The maximum atomic E-state index is 5.10. The van der Waals surface area contributed by atoms with Gasteiger partial charge in [0.2, 0.25) is 0 Å². The highest BCUT2D eigenvalue weighted by atomic mass is 32.1. The molecule has 6 heteroatoms. The first-order chi connectivity index (χ1) is 7.11. The van der Waals surface area contributed by atoms with Crippen molar-refractivity contribution in [3.8, 4) is 0 Å². The van der Waals surface area contributed by atoms with Crippen LogP contribution in [-0.4, -0.2) is 28.0 Å². The van der Waals surface area contributed by atoms with Crippen molar-refractivity contribution in [3.63, 3.8) is 0 Å². The molecule has 0 aromatic carbocycles. The van der Waals surface area contributed by atoms with E-state index in [1.807, 2.05) is 20.0 Å². The average Bonchev–Trinajstić information content (AvgIpc) is 2.51. The van der Waals surface area contributed by atoms with E-state index in [1.54, 1.807) is 18.0 Å². The minimum atomic E-state index is 0.319. The number of nitrogens with zero attached hydrogens (tertiary/aromatic N) is 2. The van der Waals surface area contributed by atoms with E-state index in [2.05, 4.69) is 15.7 Å². The second-order valence-electron chi connectivity index (χ2n) is 3.44. The van der Waals surface area contributed by atoms with Crippen LogP contribution in [0.2, 0.25) is 0 Å². The number of rotatable bonds is 4. The lowest BCUT2D eigenvalue weighted by Gasteiger charge is -2.11. The van der Waals surface area contributed by atoms with Crippen molar-refractivity contribution < 1.29 is 4.74 Å². The molecule has 2 N–H and O–H groups in total. The molecule has 15 heavy (non-hydrogen) atoms. The monoisotopic (exact) mass is 228 g/mol. The van der Waals surface area contributed by atoms with Gasteiger partial charge < -0.3 is 15.4 Å². The van der Waals surface area contributed by atoms with Crippen molar-refractivity contribution in [2.45, 2.75) is 26.6 Å². The highest BCUT2D eigenvalue weighted by Crippen LogP contribution is 2.04. The van der Waals surface area contributed by atoms with E-state index in [1.165, 1.54) is 0 Å². The number of nitrogens with one attached hydrogen (secondary N) is 2. The van der Waals surface area contributed by atoms with Crippen LogP contribution in [-0.2, 0) is 11.5 Å². The minimum Gasteiger partial charge on any atom is -0.362 e. The summed E-state index contributed by atoms with van der Waals surface area (Å²) in [6.45, 7) is 4.50. The Morgan fingerprint density at radius 1 is 1.67 bits per heavy atom. The summed E-state index contributed by atoms with van der Waals surface area (Å²) in [6, 6.07) is 0.319. The summed E-state index contributed by atoms with van der Waals surface area (Å²) in [7, 11) is 1.62. The van der Waals surface area contributed by atoms with Crippen LogP contribution in [0.3, 0.4) is 0 Å². The zero-order valence-corrected chi connectivity index (χ0v) is 9.97. The second-order valence-corrected chi connectivity index (χ2v) is 3.85. The first-order valence-electron chi connectivity index (χ1n) is 4.70. The summed E-state index contributed by atoms with van der Waals surface area (Å²) in [5, 5.41) is 10.8. The van der Waals surface area contributed by atoms with E-state index >= 15 is 0 Å². The predicted molar refractivity (Wildman–Crippen MR) is 63.7 cm³/mol. The molecule has 0 aliphatic carbocycles. The summed E-state index contributed by atoms with van der Waals surface area (Å²) in [4.78, 5) is 0. The SMILES string of the molecule is COCn1cc(NC(=S)NC(C)C)cn1. The molecule has 84 valence electrons. The summed E-state index contributed by atoms with van der Waals surface area (Å²) in [5.74, 6) is 0. The Kier molecular flexibility index (Phi) is 4.51. The van der Waals surface area contributed by atoms with Gasteiger partial charge in [-0.1, -0.05) is 0 Å². The number of anilines is 1. The lowest BCUT2D eigenvalue weighted by Crippen LogP contribution is -2.33. The quantitative estimate of drug-likeness (QED) is 0.758. The van der Waals surface area contributed by atoms with E-state index in [4.69, 9.17) is 17.0 Å². The molecule has 0 aliphatic heterocycles. The van der Waals surface area contributed by atoms with Crippen molar-refractivity contribution in [3.05, 3.63) is 12.4 Å². The van der Waals surface area contributed by atoms with Crippen LogP contribution in [0, 0.1) is 0 Å². The summed E-state index contributed by atoms with van der Waals surface area (Å²) in [5.41, 5.74) is 0.852. The minimum absolute atomic E-state index is 0.319. The van der Waals surface area contributed by atoms with Crippen LogP contribution < -0.4 is 10.6 Å². The van der Waals surface area contributed by atoms with Gasteiger partial charge in [0.15, 0.2) is 5.11 Å². The summed E-state index contributed by atoms with van der Waals surface area (Å²) < 4.78 is 6.62. The van der Waals surface area contributed by atoms with E-state index in [9.17, 15) is 0 Å². The fourth-order valence-corrected chi connectivity index (χ4v) is 1.41. The Morgan fingerprint density at radius 2 is 2.40 bits per heavy atom. The van der Waals surface area contributed by atoms with Gasteiger partial charge in [-0.2, -0.15) is 5.10 Å². The normalized spacial score (nSPS) is 10.4. The number of hydrogen-bond acceptors (Lipinski definition) is 3. The van der Waals surface area contributed by atoms with Crippen molar-refractivity contribution in [2.75, 3.05) is 12.4 Å². The Morgan fingerprint density at radius 3 is 3.00 bits per heavy atom. The molecule has 0 saturated carbocycles. The number of aromatic nitrogens is 2. The standard InChI is InChI=1S/C9H16N4OS/c1-7(2)11-9(15)12-8-4-10-13(5-8)6-14-3/h4-5,7H,6H2,1-3H3,(H2,11,12,15). The van der Waals surface area contributed by atoms with Crippen LogP contribution in [0.25, 0.3) is 0 Å². The fourth-order valence-electron chi connectivity index (χ4n) is 1.06. The molecule has 1 heterocycles. The van der Waals surface area contributed by atoms with E-state index in [-0.39, 0.29) is 0 Å². The van der Waals surface area contributed by atoms with Crippen LogP contribution in [0.15, 0.2) is 12.4 Å². The molecule has 5 nitrogen and oxygen atoms in total. The van der Waals surface area contributed by atoms with Gasteiger partial charge in [-0.15, -0.1) is 0 Å². The zero-order chi connectivity index (χ0) is 11.3. The molecule has 0 atom stereocenters. The molecule has 0 spiro atoms. The van der Waals surface area contributed by atoms with Gasteiger partial charge in [0.05, 0.1) is 18.1 Å². The van der Waals surface area contributed by atoms with E-state index in [0.29, 0.717) is 17.9 Å². The van der Waals surface area contributed by atoms with Gasteiger partial charge in [0.1, 0.15) is 6.73 Å². The van der Waals surface area contributed by atoms with Crippen molar-refractivity contribution >= 4 is 23.0 Å². The smallest absolute Gasteiger partial charge is 0.171 e. The van der Waals surface area contributed by atoms with Crippen LogP contribution in [0.5, 0.6) is 0 Å². The molecule has 1 aromatic heterocycles. The lowest BCUT2D eigenvalue weighted by atomic mass is 10.4. The number of methoxy groups -OCH3 is 1. The highest BCUT2D eigenvalue weighted by molar-refractivity contribution is 7.80. The van der Waals surface area contributed by atoms with E-state index in [0.717, 1.165) is 5.69 Å². The van der Waals surface area contributed by atoms with Crippen molar-refractivity contribution in [1.82, 2.24) is 15.1 Å². The third-order valence-electron chi connectivity index (χ3n) is 1.57. The lowest BCUT2D eigenvalue weighted by molar-refractivity contribution is 0.120. The van der Waals surface area contributed by atoms with Gasteiger partial charge in [-0.25, -0.2) is 4.68 Å². The molecule has 0 fully saturated rings. The number of ether oxygens (including phenoxy) is 1. The summed E-state index contributed by atoms with van der Waals surface area (Å²) in [6.07, 6.45) is 3.53. The topological polar surface area (TPSA) is 51.1 Å². The molecule has 0 amide bonds. The molecular formula is C9H16N4OS. The maximum absolute atomic E-state index is 5.10. The summed E-state index contributed by atoms with van der Waals surface area (Å²) >= 11 is 5.10. The highest BCUT2D eigenvalue weighted by Gasteiger charge is 2.01. The fraction of sp³-hybridized carbons (Fsp3) is 0.556. The molecule has 0 saturated heterocycles. The molecule has 0 bridgehead atoms. The Bertz CT molecular complexity index is 324. The third kappa shape index (κ3) is 4.26. The van der Waals surface area contributed by atoms with Gasteiger partial charge in [-0.3, -0.25) is 0 Å². The zero-order valence-electron chi connectivity index (χ0n) is 9.15. The van der Waals surface area contributed by atoms with E-state index < -0.39 is 0 Å². The maximum Gasteiger partial charge on any atom is 0.171 e. The largest absolute Gasteiger partial charge is 0.362 e. The van der Waals surface area contributed by atoms with Crippen LogP contribution in [0.1, 0.15) is 13.8 Å².